The van der Waals surface area contributed by atoms with E-state index in [1.54, 1.807) is 13.1 Å². The van der Waals surface area contributed by atoms with Gasteiger partial charge in [-0.2, -0.15) is 5.10 Å². The quantitative estimate of drug-likeness (QED) is 0.786. The summed E-state index contributed by atoms with van der Waals surface area (Å²) in [6.07, 6.45) is 4.22. The molecule has 1 N–H and O–H groups in total. The molecule has 0 spiro atoms. The molecule has 25 heavy (non-hydrogen) atoms. The van der Waals surface area contributed by atoms with E-state index in [0.717, 1.165) is 35.0 Å². The maximum atomic E-state index is 12.4. The Morgan fingerprint density at radius 2 is 2.16 bits per heavy atom. The molecule has 2 aromatic heterocycles. The van der Waals surface area contributed by atoms with Gasteiger partial charge in [-0.3, -0.25) is 9.59 Å². The van der Waals surface area contributed by atoms with Crippen LogP contribution in [-0.2, 0) is 31.2 Å². The first-order valence-electron chi connectivity index (χ1n) is 8.49. The second-order valence-corrected chi connectivity index (χ2v) is 6.59. The summed E-state index contributed by atoms with van der Waals surface area (Å²) in [5, 5.41) is 8.54. The largest absolute Gasteiger partial charge is 0.351 e. The van der Waals surface area contributed by atoms with E-state index in [2.05, 4.69) is 10.4 Å². The summed E-state index contributed by atoms with van der Waals surface area (Å²) in [5.41, 5.74) is 2.86. The number of carbonyl (C=O) groups excluding carboxylic acids is 1. The first-order valence-corrected chi connectivity index (χ1v) is 8.49. The lowest BCUT2D eigenvalue weighted by molar-refractivity contribution is -0.122. The minimum atomic E-state index is -0.107. The number of para-hydroxylation sites is 1. The van der Waals surface area contributed by atoms with Gasteiger partial charge in [-0.1, -0.05) is 18.2 Å². The zero-order valence-corrected chi connectivity index (χ0v) is 14.1. The van der Waals surface area contributed by atoms with Crippen molar-refractivity contribution in [1.82, 2.24) is 19.7 Å². The Hall–Kier alpha value is -2.89. The second-order valence-electron chi connectivity index (χ2n) is 6.59. The van der Waals surface area contributed by atoms with Crippen molar-refractivity contribution < 1.29 is 4.79 Å². The number of rotatable bonds is 3. The topological polar surface area (TPSA) is 68.9 Å². The molecule has 1 unspecified atom stereocenters. The number of aryl methyl sites for hydroxylation is 2. The van der Waals surface area contributed by atoms with E-state index < -0.39 is 0 Å². The standard InChI is InChI=1S/C19H20N4O2/c1-22-19(25)11-14-10-15(6-7-16(14)21-22)20-18(24)12-23-9-8-13-4-2-3-5-17(13)23/h2-5,8-9,11,15H,6-7,10,12H2,1H3,(H,20,24). The molecule has 6 nitrogen and oxygen atoms in total. The van der Waals surface area contributed by atoms with Crippen molar-refractivity contribution in [3.8, 4) is 0 Å². The molecule has 1 amide bonds. The molecule has 1 aliphatic rings. The Balaban J connectivity index is 1.45. The van der Waals surface area contributed by atoms with Crippen LogP contribution >= 0.6 is 0 Å². The van der Waals surface area contributed by atoms with E-state index in [9.17, 15) is 9.59 Å². The predicted molar refractivity (Wildman–Crippen MR) is 95.4 cm³/mol. The average Bonchev–Trinajstić information content (AvgIpc) is 2.99. The first kappa shape index (κ1) is 15.6. The summed E-state index contributed by atoms with van der Waals surface area (Å²) >= 11 is 0. The number of nitrogens with one attached hydrogen (secondary N) is 1. The number of amides is 1. The molecule has 0 bridgehead atoms. The highest BCUT2D eigenvalue weighted by Crippen LogP contribution is 2.18. The normalized spacial score (nSPS) is 16.6. The number of aromatic nitrogens is 3. The molecule has 2 heterocycles. The number of benzene rings is 1. The van der Waals surface area contributed by atoms with Crippen LogP contribution in [0.4, 0.5) is 0 Å². The van der Waals surface area contributed by atoms with Crippen LogP contribution in [0, 0.1) is 0 Å². The van der Waals surface area contributed by atoms with Crippen LogP contribution in [0.5, 0.6) is 0 Å². The van der Waals surface area contributed by atoms with Crippen molar-refractivity contribution >= 4 is 16.8 Å². The lowest BCUT2D eigenvalue weighted by atomic mass is 9.92. The Bertz CT molecular complexity index is 1000. The highest BCUT2D eigenvalue weighted by molar-refractivity contribution is 5.83. The van der Waals surface area contributed by atoms with Crippen LogP contribution in [-0.4, -0.2) is 26.3 Å². The Morgan fingerprint density at radius 1 is 1.32 bits per heavy atom. The van der Waals surface area contributed by atoms with Crippen LogP contribution in [0.1, 0.15) is 17.7 Å². The molecular formula is C19H20N4O2. The third-order valence-electron chi connectivity index (χ3n) is 4.81. The number of hydrogen-bond acceptors (Lipinski definition) is 3. The predicted octanol–water partition coefficient (Wildman–Crippen LogP) is 1.41. The molecule has 0 aliphatic heterocycles. The van der Waals surface area contributed by atoms with Crippen molar-refractivity contribution in [2.75, 3.05) is 0 Å². The fourth-order valence-electron chi connectivity index (χ4n) is 3.52. The van der Waals surface area contributed by atoms with Gasteiger partial charge in [-0.25, -0.2) is 4.68 Å². The lowest BCUT2D eigenvalue weighted by Gasteiger charge is -2.25. The van der Waals surface area contributed by atoms with Crippen LogP contribution in [0.25, 0.3) is 10.9 Å². The molecule has 1 atom stereocenters. The molecule has 0 fully saturated rings. The molecule has 1 aromatic carbocycles. The SMILES string of the molecule is Cn1nc2c(cc1=O)CC(NC(=O)Cn1ccc3ccccc31)CC2. The molecule has 0 saturated carbocycles. The highest BCUT2D eigenvalue weighted by atomic mass is 16.2. The summed E-state index contributed by atoms with van der Waals surface area (Å²) < 4.78 is 3.33. The van der Waals surface area contributed by atoms with Gasteiger partial charge in [-0.05, 0) is 42.3 Å². The second kappa shape index (κ2) is 6.20. The average molecular weight is 336 g/mol. The van der Waals surface area contributed by atoms with E-state index >= 15 is 0 Å². The van der Waals surface area contributed by atoms with E-state index in [4.69, 9.17) is 0 Å². The molecule has 128 valence electrons. The van der Waals surface area contributed by atoms with Crippen molar-refractivity contribution in [2.24, 2.45) is 7.05 Å². The Kier molecular flexibility index (Phi) is 3.87. The minimum Gasteiger partial charge on any atom is -0.351 e. The highest BCUT2D eigenvalue weighted by Gasteiger charge is 2.22. The molecular weight excluding hydrogens is 316 g/mol. The van der Waals surface area contributed by atoms with E-state index in [0.29, 0.717) is 13.0 Å². The summed E-state index contributed by atoms with van der Waals surface area (Å²) in [4.78, 5) is 24.2. The zero-order chi connectivity index (χ0) is 17.4. The fraction of sp³-hybridized carbons (Fsp3) is 0.316. The number of hydrogen-bond donors (Lipinski definition) is 1. The number of fused-ring (bicyclic) bond motifs is 2. The third kappa shape index (κ3) is 3.07. The summed E-state index contributed by atoms with van der Waals surface area (Å²) in [6, 6.07) is 11.7. The lowest BCUT2D eigenvalue weighted by Crippen LogP contribution is -2.41. The van der Waals surface area contributed by atoms with Crippen molar-refractivity contribution in [2.45, 2.75) is 31.8 Å². The van der Waals surface area contributed by atoms with Gasteiger partial charge in [0.15, 0.2) is 0 Å². The van der Waals surface area contributed by atoms with Gasteiger partial charge < -0.3 is 9.88 Å². The van der Waals surface area contributed by atoms with E-state index in [-0.39, 0.29) is 17.5 Å². The van der Waals surface area contributed by atoms with Gasteiger partial charge >= 0.3 is 0 Å². The summed E-state index contributed by atoms with van der Waals surface area (Å²) in [7, 11) is 1.66. The molecule has 1 aliphatic carbocycles. The summed E-state index contributed by atoms with van der Waals surface area (Å²) in [6.45, 7) is 0.297. The molecule has 6 heteroatoms. The van der Waals surface area contributed by atoms with Crippen LogP contribution in [0.3, 0.4) is 0 Å². The van der Waals surface area contributed by atoms with Gasteiger partial charge in [0.1, 0.15) is 6.54 Å². The maximum Gasteiger partial charge on any atom is 0.266 e. The summed E-state index contributed by atoms with van der Waals surface area (Å²) in [5.74, 6) is -0.00778. The van der Waals surface area contributed by atoms with Crippen LogP contribution < -0.4 is 10.9 Å². The van der Waals surface area contributed by atoms with Gasteiger partial charge in [0.2, 0.25) is 5.91 Å². The van der Waals surface area contributed by atoms with Gasteiger partial charge in [0.25, 0.3) is 5.56 Å². The Morgan fingerprint density at radius 3 is 3.04 bits per heavy atom. The van der Waals surface area contributed by atoms with E-state index in [1.807, 2.05) is 41.1 Å². The monoisotopic (exact) mass is 336 g/mol. The zero-order valence-electron chi connectivity index (χ0n) is 14.1. The minimum absolute atomic E-state index is 0.00778. The Labute approximate surface area is 145 Å². The van der Waals surface area contributed by atoms with Crippen molar-refractivity contribution in [3.05, 3.63) is 64.2 Å². The molecule has 4 rings (SSSR count). The van der Waals surface area contributed by atoms with Gasteiger partial charge in [0.05, 0.1) is 5.69 Å². The van der Waals surface area contributed by atoms with Crippen LogP contribution in [0.15, 0.2) is 47.4 Å². The van der Waals surface area contributed by atoms with Crippen LogP contribution in [0.2, 0.25) is 0 Å². The number of carbonyl (C=O) groups is 1. The maximum absolute atomic E-state index is 12.4. The molecule has 0 saturated heterocycles. The van der Waals surface area contributed by atoms with Gasteiger partial charge in [0, 0.05) is 30.9 Å². The van der Waals surface area contributed by atoms with Crippen molar-refractivity contribution in [1.29, 1.82) is 0 Å². The first-order chi connectivity index (χ1) is 12.1. The molecule has 0 radical (unpaired) electrons. The number of nitrogens with zero attached hydrogens (tertiary/aromatic N) is 3. The molecule has 3 aromatic rings. The fourth-order valence-corrected chi connectivity index (χ4v) is 3.52. The van der Waals surface area contributed by atoms with E-state index in [1.165, 1.54) is 4.68 Å². The van der Waals surface area contributed by atoms with Crippen molar-refractivity contribution in [3.63, 3.8) is 0 Å². The van der Waals surface area contributed by atoms with Gasteiger partial charge in [-0.15, -0.1) is 0 Å². The third-order valence-corrected chi connectivity index (χ3v) is 4.81. The smallest absolute Gasteiger partial charge is 0.266 e.